The van der Waals surface area contributed by atoms with Crippen LogP contribution in [0.15, 0.2) is 18.2 Å². The lowest BCUT2D eigenvalue weighted by atomic mass is 10.1. The van der Waals surface area contributed by atoms with E-state index in [1.807, 2.05) is 13.0 Å². The minimum Gasteiger partial charge on any atom is -0.465 e. The molecule has 2 atom stereocenters. The second kappa shape index (κ2) is 6.98. The molecule has 0 aliphatic rings. The number of carbonyl (C=O) groups excluding carboxylic acids is 1. The summed E-state index contributed by atoms with van der Waals surface area (Å²) in [4.78, 5) is 11.5. The Morgan fingerprint density at radius 2 is 2.06 bits per heavy atom. The number of rotatable bonds is 5. The lowest BCUT2D eigenvalue weighted by Gasteiger charge is -2.20. The van der Waals surface area contributed by atoms with Crippen molar-refractivity contribution in [2.75, 3.05) is 6.61 Å². The first-order valence-electron chi connectivity index (χ1n) is 5.83. The number of hydrogen-bond acceptors (Lipinski definition) is 3. The maximum atomic E-state index is 11.5. The van der Waals surface area contributed by atoms with E-state index in [2.05, 4.69) is 5.32 Å². The van der Waals surface area contributed by atoms with E-state index in [4.69, 9.17) is 27.9 Å². The molecule has 0 radical (unpaired) electrons. The number of nitrogens with one attached hydrogen (secondary N) is 1. The molecule has 0 amide bonds. The minimum atomic E-state index is -0.383. The van der Waals surface area contributed by atoms with Crippen LogP contribution >= 0.6 is 23.2 Å². The lowest BCUT2D eigenvalue weighted by Crippen LogP contribution is -2.37. The van der Waals surface area contributed by atoms with Gasteiger partial charge in [0, 0.05) is 16.1 Å². The van der Waals surface area contributed by atoms with E-state index in [1.165, 1.54) is 0 Å². The molecule has 0 fully saturated rings. The molecule has 2 unspecified atom stereocenters. The van der Waals surface area contributed by atoms with Gasteiger partial charge in [0.1, 0.15) is 6.04 Å². The van der Waals surface area contributed by atoms with Gasteiger partial charge in [-0.2, -0.15) is 0 Å². The summed E-state index contributed by atoms with van der Waals surface area (Å²) >= 11 is 11.9. The fourth-order valence-corrected chi connectivity index (χ4v) is 2.22. The van der Waals surface area contributed by atoms with E-state index in [9.17, 15) is 4.79 Å². The van der Waals surface area contributed by atoms with Crippen LogP contribution in [0.3, 0.4) is 0 Å². The van der Waals surface area contributed by atoms with Gasteiger partial charge in [-0.05, 0) is 38.5 Å². The molecule has 1 aromatic carbocycles. The average molecular weight is 290 g/mol. The molecule has 5 heteroatoms. The smallest absolute Gasteiger partial charge is 0.322 e. The van der Waals surface area contributed by atoms with E-state index in [1.54, 1.807) is 26.0 Å². The van der Waals surface area contributed by atoms with Crippen molar-refractivity contribution in [1.82, 2.24) is 5.32 Å². The van der Waals surface area contributed by atoms with Crippen LogP contribution in [-0.2, 0) is 9.53 Å². The molecule has 0 spiro atoms. The number of esters is 1. The first-order chi connectivity index (χ1) is 8.45. The van der Waals surface area contributed by atoms with Gasteiger partial charge in [0.2, 0.25) is 0 Å². The van der Waals surface area contributed by atoms with Crippen molar-refractivity contribution >= 4 is 29.2 Å². The highest BCUT2D eigenvalue weighted by Crippen LogP contribution is 2.26. The third-order valence-corrected chi connectivity index (χ3v) is 3.13. The predicted molar refractivity (Wildman–Crippen MR) is 74.1 cm³/mol. The van der Waals surface area contributed by atoms with Crippen LogP contribution < -0.4 is 5.32 Å². The molecule has 1 rings (SSSR count). The van der Waals surface area contributed by atoms with Crippen LogP contribution in [0.5, 0.6) is 0 Å². The van der Waals surface area contributed by atoms with Gasteiger partial charge in [0.25, 0.3) is 0 Å². The van der Waals surface area contributed by atoms with E-state index in [-0.39, 0.29) is 18.1 Å². The van der Waals surface area contributed by atoms with Crippen molar-refractivity contribution in [3.05, 3.63) is 33.8 Å². The summed E-state index contributed by atoms with van der Waals surface area (Å²) in [5.74, 6) is -0.269. The highest BCUT2D eigenvalue weighted by Gasteiger charge is 2.18. The van der Waals surface area contributed by atoms with Crippen LogP contribution in [0.25, 0.3) is 0 Å². The Bertz CT molecular complexity index is 423. The zero-order chi connectivity index (χ0) is 13.7. The third kappa shape index (κ3) is 4.16. The Morgan fingerprint density at radius 3 is 2.61 bits per heavy atom. The van der Waals surface area contributed by atoms with Crippen molar-refractivity contribution in [2.24, 2.45) is 0 Å². The highest BCUT2D eigenvalue weighted by atomic mass is 35.5. The summed E-state index contributed by atoms with van der Waals surface area (Å²) in [5, 5.41) is 4.31. The maximum Gasteiger partial charge on any atom is 0.322 e. The molecule has 0 heterocycles. The maximum absolute atomic E-state index is 11.5. The summed E-state index contributed by atoms with van der Waals surface area (Å²) in [7, 11) is 0. The SMILES string of the molecule is CCOC(=O)C(C)NC(C)c1ccc(Cl)cc1Cl. The quantitative estimate of drug-likeness (QED) is 0.842. The van der Waals surface area contributed by atoms with Crippen LogP contribution in [0.4, 0.5) is 0 Å². The van der Waals surface area contributed by atoms with E-state index < -0.39 is 0 Å². The molecule has 100 valence electrons. The van der Waals surface area contributed by atoms with Gasteiger partial charge < -0.3 is 4.74 Å². The molecule has 1 N–H and O–H groups in total. The molecule has 3 nitrogen and oxygen atoms in total. The fraction of sp³-hybridized carbons (Fsp3) is 0.462. The first-order valence-corrected chi connectivity index (χ1v) is 6.59. The van der Waals surface area contributed by atoms with Gasteiger partial charge in [-0.3, -0.25) is 10.1 Å². The largest absolute Gasteiger partial charge is 0.465 e. The van der Waals surface area contributed by atoms with Gasteiger partial charge in [-0.25, -0.2) is 0 Å². The fourth-order valence-electron chi connectivity index (χ4n) is 1.65. The summed E-state index contributed by atoms with van der Waals surface area (Å²) in [6, 6.07) is 4.86. The molecule has 1 aromatic rings. The zero-order valence-electron chi connectivity index (χ0n) is 10.7. The van der Waals surface area contributed by atoms with Crippen LogP contribution in [0.2, 0.25) is 10.0 Å². The molecule has 0 saturated carbocycles. The number of benzene rings is 1. The molecule has 0 aliphatic heterocycles. The molecular weight excluding hydrogens is 273 g/mol. The van der Waals surface area contributed by atoms with E-state index >= 15 is 0 Å². The Balaban J connectivity index is 2.70. The Kier molecular flexibility index (Phi) is 5.93. The Hall–Kier alpha value is -0.770. The summed E-state index contributed by atoms with van der Waals surface area (Å²) in [5.41, 5.74) is 0.900. The third-order valence-electron chi connectivity index (χ3n) is 2.57. The monoisotopic (exact) mass is 289 g/mol. The number of carbonyl (C=O) groups is 1. The number of halogens is 2. The van der Waals surface area contributed by atoms with Gasteiger partial charge in [-0.1, -0.05) is 29.3 Å². The molecule has 0 saturated heterocycles. The van der Waals surface area contributed by atoms with E-state index in [0.29, 0.717) is 16.7 Å². The topological polar surface area (TPSA) is 38.3 Å². The van der Waals surface area contributed by atoms with Gasteiger partial charge in [-0.15, -0.1) is 0 Å². The average Bonchev–Trinajstić information content (AvgIpc) is 2.28. The Morgan fingerprint density at radius 1 is 1.39 bits per heavy atom. The number of ether oxygens (including phenoxy) is 1. The van der Waals surface area contributed by atoms with Gasteiger partial charge >= 0.3 is 5.97 Å². The molecule has 0 aromatic heterocycles. The molecular formula is C13H17Cl2NO2. The summed E-state index contributed by atoms with van der Waals surface area (Å²) < 4.78 is 4.93. The second-order valence-corrected chi connectivity index (χ2v) is 4.87. The standard InChI is InChI=1S/C13H17Cl2NO2/c1-4-18-13(17)9(3)16-8(2)11-6-5-10(14)7-12(11)15/h5-9,16H,4H2,1-3H3. The molecule has 0 bridgehead atoms. The van der Waals surface area contributed by atoms with Crippen LogP contribution in [-0.4, -0.2) is 18.6 Å². The summed E-state index contributed by atoms with van der Waals surface area (Å²) in [6.07, 6.45) is 0. The van der Waals surface area contributed by atoms with Gasteiger partial charge in [0.15, 0.2) is 0 Å². The second-order valence-electron chi connectivity index (χ2n) is 4.03. The molecule has 18 heavy (non-hydrogen) atoms. The van der Waals surface area contributed by atoms with Crippen molar-refractivity contribution in [3.63, 3.8) is 0 Å². The Labute approximate surface area is 117 Å². The lowest BCUT2D eigenvalue weighted by molar-refractivity contribution is -0.145. The van der Waals surface area contributed by atoms with E-state index in [0.717, 1.165) is 5.56 Å². The van der Waals surface area contributed by atoms with Crippen molar-refractivity contribution in [3.8, 4) is 0 Å². The predicted octanol–water partition coefficient (Wildman–Crippen LogP) is 3.60. The van der Waals surface area contributed by atoms with Crippen molar-refractivity contribution in [1.29, 1.82) is 0 Å². The van der Waals surface area contributed by atoms with Crippen molar-refractivity contribution < 1.29 is 9.53 Å². The zero-order valence-corrected chi connectivity index (χ0v) is 12.2. The van der Waals surface area contributed by atoms with Crippen molar-refractivity contribution in [2.45, 2.75) is 32.9 Å². The minimum absolute atomic E-state index is 0.0610. The van der Waals surface area contributed by atoms with Crippen LogP contribution in [0.1, 0.15) is 32.4 Å². The summed E-state index contributed by atoms with van der Waals surface area (Å²) in [6.45, 7) is 5.86. The first kappa shape index (κ1) is 15.3. The molecule has 0 aliphatic carbocycles. The number of hydrogen-bond donors (Lipinski definition) is 1. The normalized spacial score (nSPS) is 14.1. The highest BCUT2D eigenvalue weighted by molar-refractivity contribution is 6.35. The van der Waals surface area contributed by atoms with Gasteiger partial charge in [0.05, 0.1) is 6.61 Å². The van der Waals surface area contributed by atoms with Crippen LogP contribution in [0, 0.1) is 0 Å².